The van der Waals surface area contributed by atoms with Crippen molar-refractivity contribution in [2.45, 2.75) is 32.0 Å². The largest absolute Gasteiger partial charge is 0.476 e. The van der Waals surface area contributed by atoms with Gasteiger partial charge in [-0.3, -0.25) is 0 Å². The van der Waals surface area contributed by atoms with Gasteiger partial charge in [0.1, 0.15) is 11.8 Å². The van der Waals surface area contributed by atoms with E-state index in [1.165, 1.54) is 5.56 Å². The van der Waals surface area contributed by atoms with Crippen molar-refractivity contribution in [3.8, 4) is 11.8 Å². The lowest BCUT2D eigenvalue weighted by atomic mass is 10.1. The number of aliphatic hydroxyl groups is 1. The topological polar surface area (TPSA) is 65.3 Å². The van der Waals surface area contributed by atoms with Crippen LogP contribution in [0.25, 0.3) is 0 Å². The lowest BCUT2D eigenvalue weighted by Crippen LogP contribution is -2.26. The van der Waals surface area contributed by atoms with Gasteiger partial charge in [-0.1, -0.05) is 24.3 Å². The molecule has 0 amide bonds. The van der Waals surface area contributed by atoms with Crippen LogP contribution in [-0.4, -0.2) is 23.9 Å². The van der Waals surface area contributed by atoms with Crippen molar-refractivity contribution in [3.05, 3.63) is 42.0 Å². The molecule has 106 valence electrons. The van der Waals surface area contributed by atoms with Crippen LogP contribution in [0.15, 0.2) is 36.4 Å². The lowest BCUT2D eigenvalue weighted by molar-refractivity contribution is 0.246. The Balaban J connectivity index is 1.80. The first-order chi connectivity index (χ1) is 9.71. The molecule has 4 heteroatoms. The Kier molecular flexibility index (Phi) is 5.16. The highest BCUT2D eigenvalue weighted by atomic mass is 16.5. The highest BCUT2D eigenvalue weighted by molar-refractivity contribution is 5.28. The van der Waals surface area contributed by atoms with E-state index in [2.05, 4.69) is 17.5 Å². The van der Waals surface area contributed by atoms with E-state index in [0.717, 1.165) is 13.0 Å². The van der Waals surface area contributed by atoms with Gasteiger partial charge in [-0.2, -0.15) is 5.26 Å². The molecular formula is C16H20N2O2. The van der Waals surface area contributed by atoms with E-state index in [4.69, 9.17) is 15.1 Å². The fraction of sp³-hybridized carbons (Fsp3) is 0.438. The third-order valence-corrected chi connectivity index (χ3v) is 3.39. The van der Waals surface area contributed by atoms with Gasteiger partial charge in [-0.15, -0.1) is 0 Å². The Morgan fingerprint density at radius 2 is 2.15 bits per heavy atom. The minimum atomic E-state index is -0.432. The Bertz CT molecular complexity index is 490. The summed E-state index contributed by atoms with van der Waals surface area (Å²) in [6, 6.07) is 10.1. The van der Waals surface area contributed by atoms with Gasteiger partial charge in [-0.25, -0.2) is 0 Å². The summed E-state index contributed by atoms with van der Waals surface area (Å²) in [7, 11) is 0. The number of hydrogen-bond acceptors (Lipinski definition) is 4. The van der Waals surface area contributed by atoms with Crippen LogP contribution < -0.4 is 10.1 Å². The monoisotopic (exact) mass is 272 g/mol. The second-order valence-electron chi connectivity index (χ2n) is 5.08. The number of nitriles is 1. The summed E-state index contributed by atoms with van der Waals surface area (Å²) < 4.78 is 5.40. The van der Waals surface area contributed by atoms with E-state index in [-0.39, 0.29) is 12.5 Å². The smallest absolute Gasteiger partial charge is 0.181 e. The minimum absolute atomic E-state index is 0.220. The molecule has 0 radical (unpaired) electrons. The first kappa shape index (κ1) is 14.6. The molecule has 2 N–H and O–H groups in total. The zero-order valence-electron chi connectivity index (χ0n) is 11.6. The average Bonchev–Trinajstić information content (AvgIpc) is 2.94. The molecule has 0 aliphatic heterocycles. The van der Waals surface area contributed by atoms with Crippen molar-refractivity contribution in [2.75, 3.05) is 6.61 Å². The third-order valence-electron chi connectivity index (χ3n) is 3.39. The molecule has 1 aliphatic rings. The molecule has 0 saturated carbocycles. The van der Waals surface area contributed by atoms with Gasteiger partial charge in [-0.05, 0) is 31.0 Å². The molecule has 1 unspecified atom stereocenters. The van der Waals surface area contributed by atoms with Gasteiger partial charge < -0.3 is 15.2 Å². The second kappa shape index (κ2) is 7.09. The summed E-state index contributed by atoms with van der Waals surface area (Å²) in [5.74, 6) is 1.000. The molecule has 0 fully saturated rings. The van der Waals surface area contributed by atoms with Gasteiger partial charge in [0.25, 0.3) is 0 Å². The van der Waals surface area contributed by atoms with Gasteiger partial charge in [0.05, 0.1) is 0 Å². The van der Waals surface area contributed by atoms with E-state index in [1.807, 2.05) is 30.3 Å². The Morgan fingerprint density at radius 1 is 1.40 bits per heavy atom. The zero-order chi connectivity index (χ0) is 14.4. The molecule has 2 rings (SSSR count). The molecule has 4 nitrogen and oxygen atoms in total. The van der Waals surface area contributed by atoms with Crippen LogP contribution in [0.3, 0.4) is 0 Å². The van der Waals surface area contributed by atoms with Crippen LogP contribution in [0.1, 0.15) is 18.9 Å². The predicted octanol–water partition coefficient (Wildman–Crippen LogP) is 2.00. The van der Waals surface area contributed by atoms with Crippen molar-refractivity contribution in [1.29, 1.82) is 5.26 Å². The molecule has 0 spiro atoms. The van der Waals surface area contributed by atoms with Crippen LogP contribution in [0.2, 0.25) is 0 Å². The molecule has 1 aliphatic carbocycles. The van der Waals surface area contributed by atoms with E-state index in [9.17, 15) is 0 Å². The van der Waals surface area contributed by atoms with Crippen LogP contribution in [0, 0.1) is 17.2 Å². The Labute approximate surface area is 119 Å². The summed E-state index contributed by atoms with van der Waals surface area (Å²) in [4.78, 5) is 0. The molecule has 0 heterocycles. The minimum Gasteiger partial charge on any atom is -0.476 e. The Morgan fingerprint density at radius 3 is 2.75 bits per heavy atom. The maximum absolute atomic E-state index is 9.08. The quantitative estimate of drug-likeness (QED) is 0.777. The van der Waals surface area contributed by atoms with Crippen molar-refractivity contribution in [3.63, 3.8) is 0 Å². The number of ether oxygens (including phenoxy) is 1. The van der Waals surface area contributed by atoms with Gasteiger partial charge in [0.15, 0.2) is 6.10 Å². The highest BCUT2D eigenvalue weighted by Gasteiger charge is 2.17. The van der Waals surface area contributed by atoms with Crippen LogP contribution in [0.5, 0.6) is 5.75 Å². The van der Waals surface area contributed by atoms with Crippen molar-refractivity contribution >= 4 is 0 Å². The summed E-state index contributed by atoms with van der Waals surface area (Å²) >= 11 is 0. The summed E-state index contributed by atoms with van der Waals surface area (Å²) in [5.41, 5.74) is 1.17. The lowest BCUT2D eigenvalue weighted by Gasteiger charge is -2.13. The van der Waals surface area contributed by atoms with Gasteiger partial charge >= 0.3 is 0 Å². The summed E-state index contributed by atoms with van der Waals surface area (Å²) in [5, 5.41) is 21.2. The molecule has 1 aromatic carbocycles. The number of nitrogens with zero attached hydrogens (tertiary/aromatic N) is 1. The summed E-state index contributed by atoms with van der Waals surface area (Å²) in [6.07, 6.45) is 4.71. The molecule has 3 atom stereocenters. The third kappa shape index (κ3) is 4.09. The van der Waals surface area contributed by atoms with E-state index in [0.29, 0.717) is 11.8 Å². The molecule has 0 saturated heterocycles. The standard InChI is InChI=1S/C16H20N2O2/c1-12(9-17)20-16-6-3-13(4-7-16)10-18-15-5-2-14(8-15)11-19/h2-7,12,14-15,18-19H,8,10-11H2,1H3/t12?,14-,15+/m0/s1. The van der Waals surface area contributed by atoms with Crippen molar-refractivity contribution < 1.29 is 9.84 Å². The first-order valence-corrected chi connectivity index (χ1v) is 6.89. The number of aliphatic hydroxyl groups excluding tert-OH is 1. The molecule has 20 heavy (non-hydrogen) atoms. The van der Waals surface area contributed by atoms with Crippen molar-refractivity contribution in [1.82, 2.24) is 5.32 Å². The average molecular weight is 272 g/mol. The fourth-order valence-electron chi connectivity index (χ4n) is 2.23. The van der Waals surface area contributed by atoms with E-state index < -0.39 is 6.10 Å². The molecule has 0 aromatic heterocycles. The van der Waals surface area contributed by atoms with Crippen LogP contribution >= 0.6 is 0 Å². The van der Waals surface area contributed by atoms with Crippen LogP contribution in [0.4, 0.5) is 0 Å². The first-order valence-electron chi connectivity index (χ1n) is 6.89. The molecular weight excluding hydrogens is 252 g/mol. The SMILES string of the molecule is CC(C#N)Oc1ccc(CN[C@@H]2C=C[C@H](CO)C2)cc1. The molecule has 0 bridgehead atoms. The number of benzene rings is 1. The fourth-order valence-corrected chi connectivity index (χ4v) is 2.23. The van der Waals surface area contributed by atoms with E-state index >= 15 is 0 Å². The maximum Gasteiger partial charge on any atom is 0.181 e. The number of hydrogen-bond donors (Lipinski definition) is 2. The predicted molar refractivity (Wildman–Crippen MR) is 77.1 cm³/mol. The van der Waals surface area contributed by atoms with Gasteiger partial charge in [0, 0.05) is 25.1 Å². The van der Waals surface area contributed by atoms with E-state index in [1.54, 1.807) is 6.92 Å². The normalized spacial score (nSPS) is 22.4. The second-order valence-corrected chi connectivity index (χ2v) is 5.08. The molecule has 1 aromatic rings. The Hall–Kier alpha value is -1.83. The van der Waals surface area contributed by atoms with Crippen LogP contribution in [-0.2, 0) is 6.54 Å². The number of rotatable bonds is 6. The van der Waals surface area contributed by atoms with Gasteiger partial charge in [0.2, 0.25) is 0 Å². The zero-order valence-corrected chi connectivity index (χ0v) is 11.6. The number of nitrogens with one attached hydrogen (secondary N) is 1. The maximum atomic E-state index is 9.08. The van der Waals surface area contributed by atoms with Crippen molar-refractivity contribution in [2.24, 2.45) is 5.92 Å². The summed E-state index contributed by atoms with van der Waals surface area (Å²) in [6.45, 7) is 2.72. The highest BCUT2D eigenvalue weighted by Crippen LogP contribution is 2.18.